The Morgan fingerprint density at radius 1 is 1.40 bits per heavy atom. The van der Waals surface area contributed by atoms with Crippen LogP contribution < -0.4 is 10.5 Å². The monoisotopic (exact) mass is 360 g/mol. The Morgan fingerprint density at radius 3 is 2.75 bits per heavy atom. The van der Waals surface area contributed by atoms with Crippen molar-refractivity contribution in [1.29, 1.82) is 0 Å². The lowest BCUT2D eigenvalue weighted by atomic mass is 10.1. The van der Waals surface area contributed by atoms with Crippen LogP contribution in [0.4, 0.5) is 0 Å². The van der Waals surface area contributed by atoms with Crippen LogP contribution in [-0.2, 0) is 16.6 Å². The van der Waals surface area contributed by atoms with Crippen LogP contribution in [-0.4, -0.2) is 15.0 Å². The van der Waals surface area contributed by atoms with Gasteiger partial charge < -0.3 is 5.73 Å². The molecule has 2 atom stereocenters. The first-order valence-electron chi connectivity index (χ1n) is 6.90. The topological polar surface area (TPSA) is 72.2 Å². The van der Waals surface area contributed by atoms with Gasteiger partial charge in [0.15, 0.2) is 0 Å². The van der Waals surface area contributed by atoms with Crippen molar-refractivity contribution in [2.24, 2.45) is 17.6 Å². The molecule has 20 heavy (non-hydrogen) atoms. The summed E-state index contributed by atoms with van der Waals surface area (Å²) in [5.74, 6) is 1.16. The maximum atomic E-state index is 12.4. The van der Waals surface area contributed by atoms with Crippen LogP contribution >= 0.6 is 15.9 Å². The second-order valence-electron chi connectivity index (χ2n) is 5.61. The summed E-state index contributed by atoms with van der Waals surface area (Å²) < 4.78 is 28.1. The summed E-state index contributed by atoms with van der Waals surface area (Å²) in [5.41, 5.74) is 6.38. The van der Waals surface area contributed by atoms with Gasteiger partial charge in [-0.2, -0.15) is 0 Å². The molecule has 0 radical (unpaired) electrons. The molecule has 1 aromatic carbocycles. The SMILES string of the molecule is CC1CCC(CNS(=O)(=O)c2cc(CN)ccc2Br)C1. The molecule has 1 aliphatic carbocycles. The lowest BCUT2D eigenvalue weighted by Gasteiger charge is -2.13. The third-order valence-electron chi connectivity index (χ3n) is 3.89. The minimum atomic E-state index is -3.48. The number of benzene rings is 1. The molecule has 6 heteroatoms. The van der Waals surface area contributed by atoms with Crippen molar-refractivity contribution in [1.82, 2.24) is 4.72 Å². The standard InChI is InChI=1S/C14H21BrN2O2S/c1-10-2-3-12(6-10)9-17-20(18,19)14-7-11(8-16)4-5-13(14)15/h4-5,7,10,12,17H,2-3,6,8-9,16H2,1H3. The highest BCUT2D eigenvalue weighted by Gasteiger charge is 2.24. The first kappa shape index (κ1) is 15.9. The molecule has 0 spiro atoms. The Labute approximate surface area is 129 Å². The summed E-state index contributed by atoms with van der Waals surface area (Å²) in [6, 6.07) is 5.18. The average molecular weight is 361 g/mol. The third-order valence-corrected chi connectivity index (χ3v) is 6.30. The molecule has 1 saturated carbocycles. The zero-order valence-electron chi connectivity index (χ0n) is 11.6. The van der Waals surface area contributed by atoms with Crippen molar-refractivity contribution >= 4 is 26.0 Å². The number of nitrogens with two attached hydrogens (primary N) is 1. The van der Waals surface area contributed by atoms with Gasteiger partial charge in [0.2, 0.25) is 10.0 Å². The second-order valence-corrected chi connectivity index (χ2v) is 8.19. The number of rotatable bonds is 5. The molecule has 0 heterocycles. The lowest BCUT2D eigenvalue weighted by molar-refractivity contribution is 0.498. The van der Waals surface area contributed by atoms with Gasteiger partial charge in [0.25, 0.3) is 0 Å². The van der Waals surface area contributed by atoms with Gasteiger partial charge in [-0.1, -0.05) is 19.4 Å². The Bertz CT molecular complexity index is 575. The molecule has 1 aliphatic rings. The van der Waals surface area contributed by atoms with Gasteiger partial charge in [0.05, 0.1) is 4.90 Å². The Balaban J connectivity index is 2.10. The van der Waals surface area contributed by atoms with Crippen LogP contribution in [0.3, 0.4) is 0 Å². The average Bonchev–Trinajstić information content (AvgIpc) is 2.83. The van der Waals surface area contributed by atoms with Crippen LogP contribution in [0.2, 0.25) is 0 Å². The molecular weight excluding hydrogens is 340 g/mol. The van der Waals surface area contributed by atoms with E-state index < -0.39 is 10.0 Å². The normalized spacial score (nSPS) is 23.1. The van der Waals surface area contributed by atoms with Crippen molar-refractivity contribution in [3.05, 3.63) is 28.2 Å². The van der Waals surface area contributed by atoms with Gasteiger partial charge in [-0.05, 0) is 58.3 Å². The summed E-state index contributed by atoms with van der Waals surface area (Å²) in [6.45, 7) is 3.07. The molecule has 0 aromatic heterocycles. The van der Waals surface area contributed by atoms with E-state index in [-0.39, 0.29) is 4.90 Å². The van der Waals surface area contributed by atoms with E-state index in [1.807, 2.05) is 6.07 Å². The fourth-order valence-corrected chi connectivity index (χ4v) is 4.82. The maximum absolute atomic E-state index is 12.4. The largest absolute Gasteiger partial charge is 0.326 e. The summed E-state index contributed by atoms with van der Waals surface area (Å²) in [5, 5.41) is 0. The summed E-state index contributed by atoms with van der Waals surface area (Å²) in [6.07, 6.45) is 3.40. The highest BCUT2D eigenvalue weighted by molar-refractivity contribution is 9.10. The summed E-state index contributed by atoms with van der Waals surface area (Å²) in [4.78, 5) is 0.270. The van der Waals surface area contributed by atoms with Crippen molar-refractivity contribution in [3.8, 4) is 0 Å². The number of sulfonamides is 1. The van der Waals surface area contributed by atoms with E-state index in [0.717, 1.165) is 18.4 Å². The first-order valence-corrected chi connectivity index (χ1v) is 9.18. The van der Waals surface area contributed by atoms with E-state index in [1.54, 1.807) is 12.1 Å². The van der Waals surface area contributed by atoms with Gasteiger partial charge in [-0.25, -0.2) is 13.1 Å². The quantitative estimate of drug-likeness (QED) is 0.847. The van der Waals surface area contributed by atoms with Gasteiger partial charge in [-0.3, -0.25) is 0 Å². The first-order chi connectivity index (χ1) is 9.42. The van der Waals surface area contributed by atoms with Crippen LogP contribution in [0.5, 0.6) is 0 Å². The predicted octanol–water partition coefficient (Wildman–Crippen LogP) is 2.62. The molecule has 0 bridgehead atoms. The molecule has 1 aromatic rings. The molecule has 0 saturated heterocycles. The molecular formula is C14H21BrN2O2S. The van der Waals surface area contributed by atoms with E-state index in [2.05, 4.69) is 27.6 Å². The van der Waals surface area contributed by atoms with Gasteiger partial charge in [0.1, 0.15) is 0 Å². The molecule has 4 nitrogen and oxygen atoms in total. The predicted molar refractivity (Wildman–Crippen MR) is 83.7 cm³/mol. The van der Waals surface area contributed by atoms with Gasteiger partial charge in [0, 0.05) is 17.6 Å². The molecule has 3 N–H and O–H groups in total. The van der Waals surface area contributed by atoms with Gasteiger partial charge >= 0.3 is 0 Å². The van der Waals surface area contributed by atoms with Crippen LogP contribution in [0.25, 0.3) is 0 Å². The molecule has 0 aliphatic heterocycles. The van der Waals surface area contributed by atoms with E-state index in [0.29, 0.717) is 29.4 Å². The highest BCUT2D eigenvalue weighted by atomic mass is 79.9. The molecule has 2 rings (SSSR count). The van der Waals surface area contributed by atoms with Crippen molar-refractivity contribution in [2.75, 3.05) is 6.54 Å². The van der Waals surface area contributed by atoms with E-state index in [4.69, 9.17) is 5.73 Å². The summed E-state index contributed by atoms with van der Waals surface area (Å²) in [7, 11) is -3.48. The number of hydrogen-bond acceptors (Lipinski definition) is 3. The summed E-state index contributed by atoms with van der Waals surface area (Å²) >= 11 is 3.30. The number of halogens is 1. The fourth-order valence-electron chi connectivity index (χ4n) is 2.70. The minimum absolute atomic E-state index is 0.270. The molecule has 1 fully saturated rings. The van der Waals surface area contributed by atoms with E-state index in [1.165, 1.54) is 6.42 Å². The van der Waals surface area contributed by atoms with Crippen molar-refractivity contribution in [3.63, 3.8) is 0 Å². The molecule has 2 unspecified atom stereocenters. The number of hydrogen-bond donors (Lipinski definition) is 2. The minimum Gasteiger partial charge on any atom is -0.326 e. The van der Waals surface area contributed by atoms with Crippen molar-refractivity contribution in [2.45, 2.75) is 37.6 Å². The second kappa shape index (κ2) is 6.56. The van der Waals surface area contributed by atoms with Crippen molar-refractivity contribution < 1.29 is 8.42 Å². The Morgan fingerprint density at radius 2 is 2.15 bits per heavy atom. The van der Waals surface area contributed by atoms with E-state index in [9.17, 15) is 8.42 Å². The molecule has 0 amide bonds. The maximum Gasteiger partial charge on any atom is 0.241 e. The zero-order chi connectivity index (χ0) is 14.8. The van der Waals surface area contributed by atoms with Gasteiger partial charge in [-0.15, -0.1) is 0 Å². The smallest absolute Gasteiger partial charge is 0.241 e. The van der Waals surface area contributed by atoms with Crippen LogP contribution in [0, 0.1) is 11.8 Å². The Hall–Kier alpha value is -0.430. The van der Waals surface area contributed by atoms with Crippen LogP contribution in [0.15, 0.2) is 27.6 Å². The number of nitrogens with one attached hydrogen (secondary N) is 1. The fraction of sp³-hybridized carbons (Fsp3) is 0.571. The third kappa shape index (κ3) is 3.81. The zero-order valence-corrected chi connectivity index (χ0v) is 14.0. The lowest BCUT2D eigenvalue weighted by Crippen LogP contribution is -2.29. The van der Waals surface area contributed by atoms with Crippen LogP contribution in [0.1, 0.15) is 31.7 Å². The highest BCUT2D eigenvalue weighted by Crippen LogP contribution is 2.30. The Kier molecular flexibility index (Phi) is 5.23. The molecule has 112 valence electrons. The van der Waals surface area contributed by atoms with E-state index >= 15 is 0 Å².